The van der Waals surface area contributed by atoms with E-state index in [-0.39, 0.29) is 30.4 Å². The summed E-state index contributed by atoms with van der Waals surface area (Å²) < 4.78 is 11.3. The van der Waals surface area contributed by atoms with Gasteiger partial charge in [0.1, 0.15) is 11.4 Å². The number of rotatable bonds is 7. The van der Waals surface area contributed by atoms with E-state index in [1.807, 2.05) is 0 Å². The smallest absolute Gasteiger partial charge is 0.326 e. The van der Waals surface area contributed by atoms with Gasteiger partial charge in [-0.1, -0.05) is 11.8 Å². The number of thiophene rings is 1. The molecule has 9 heteroatoms. The molecular formula is C18H22N2O5S2. The van der Waals surface area contributed by atoms with Gasteiger partial charge >= 0.3 is 11.9 Å². The minimum absolute atomic E-state index is 0.0275. The lowest BCUT2D eigenvalue weighted by Gasteiger charge is -2.13. The molecule has 1 aliphatic carbocycles. The third-order valence-corrected chi connectivity index (χ3v) is 6.39. The quantitative estimate of drug-likeness (QED) is 0.394. The van der Waals surface area contributed by atoms with E-state index in [4.69, 9.17) is 9.47 Å². The van der Waals surface area contributed by atoms with Crippen LogP contribution in [0.15, 0.2) is 9.95 Å². The first-order valence-corrected chi connectivity index (χ1v) is 10.8. The SMILES string of the molecule is CCOC(=O)CSc1nc2sc3c(c2c(=O)n1CC(=O)OCC)CCCC3. The van der Waals surface area contributed by atoms with Crippen molar-refractivity contribution in [1.29, 1.82) is 0 Å². The van der Waals surface area contributed by atoms with E-state index < -0.39 is 5.97 Å². The molecule has 0 aliphatic heterocycles. The summed E-state index contributed by atoms with van der Waals surface area (Å²) in [6.45, 7) is 3.76. The molecule has 7 nitrogen and oxygen atoms in total. The van der Waals surface area contributed by atoms with Gasteiger partial charge in [0.05, 0.1) is 24.4 Å². The lowest BCUT2D eigenvalue weighted by molar-refractivity contribution is -0.144. The van der Waals surface area contributed by atoms with Gasteiger partial charge < -0.3 is 9.47 Å². The number of aromatic nitrogens is 2. The van der Waals surface area contributed by atoms with E-state index in [0.717, 1.165) is 43.0 Å². The van der Waals surface area contributed by atoms with Crippen molar-refractivity contribution in [2.75, 3.05) is 19.0 Å². The summed E-state index contributed by atoms with van der Waals surface area (Å²) in [5.74, 6) is -0.854. The Morgan fingerprint density at radius 3 is 2.59 bits per heavy atom. The molecule has 146 valence electrons. The molecule has 1 aliphatic rings. The maximum absolute atomic E-state index is 13.2. The number of hydrogen-bond donors (Lipinski definition) is 0. The predicted molar refractivity (Wildman–Crippen MR) is 105 cm³/mol. The standard InChI is InChI=1S/C18H22N2O5S2/c1-3-24-13(21)9-20-17(23)15-11-7-5-6-8-12(11)27-16(15)19-18(20)26-10-14(22)25-4-2/h3-10H2,1-2H3. The second-order valence-corrected chi connectivity index (χ2v) is 8.10. The average Bonchev–Trinajstić information content (AvgIpc) is 3.01. The molecular weight excluding hydrogens is 388 g/mol. The molecule has 0 saturated heterocycles. The van der Waals surface area contributed by atoms with Crippen molar-refractivity contribution in [3.8, 4) is 0 Å². The number of aryl methyl sites for hydroxylation is 2. The molecule has 0 bridgehead atoms. The molecule has 0 spiro atoms. The lowest BCUT2D eigenvalue weighted by Crippen LogP contribution is -2.28. The van der Waals surface area contributed by atoms with E-state index in [2.05, 4.69) is 4.98 Å². The van der Waals surface area contributed by atoms with Gasteiger partial charge in [0.2, 0.25) is 0 Å². The fourth-order valence-corrected chi connectivity index (χ4v) is 5.23. The summed E-state index contributed by atoms with van der Waals surface area (Å²) in [5.41, 5.74) is 0.831. The van der Waals surface area contributed by atoms with Crippen molar-refractivity contribution in [1.82, 2.24) is 9.55 Å². The zero-order chi connectivity index (χ0) is 19.4. The molecule has 2 aromatic heterocycles. The summed E-state index contributed by atoms with van der Waals surface area (Å²) in [5, 5.41) is 0.951. The van der Waals surface area contributed by atoms with E-state index >= 15 is 0 Å². The van der Waals surface area contributed by atoms with E-state index in [9.17, 15) is 14.4 Å². The molecule has 0 aromatic carbocycles. The Kier molecular flexibility index (Phi) is 6.54. The molecule has 3 rings (SSSR count). The minimum atomic E-state index is -0.497. The third-order valence-electron chi connectivity index (χ3n) is 4.26. The highest BCUT2D eigenvalue weighted by Crippen LogP contribution is 2.34. The number of esters is 2. The molecule has 0 radical (unpaired) electrons. The van der Waals surface area contributed by atoms with Crippen LogP contribution >= 0.6 is 23.1 Å². The first kappa shape index (κ1) is 19.9. The van der Waals surface area contributed by atoms with Gasteiger partial charge in [-0.05, 0) is 45.1 Å². The van der Waals surface area contributed by atoms with Crippen LogP contribution < -0.4 is 5.56 Å². The van der Waals surface area contributed by atoms with Crippen LogP contribution in [-0.2, 0) is 38.4 Å². The number of carbonyl (C=O) groups is 2. The van der Waals surface area contributed by atoms with E-state index in [0.29, 0.717) is 22.0 Å². The largest absolute Gasteiger partial charge is 0.465 e. The van der Waals surface area contributed by atoms with Crippen molar-refractivity contribution < 1.29 is 19.1 Å². The number of hydrogen-bond acceptors (Lipinski definition) is 8. The van der Waals surface area contributed by atoms with Gasteiger partial charge in [0.25, 0.3) is 5.56 Å². The highest BCUT2D eigenvalue weighted by Gasteiger charge is 2.23. The topological polar surface area (TPSA) is 87.5 Å². The molecule has 0 fully saturated rings. The van der Waals surface area contributed by atoms with Crippen LogP contribution in [0, 0.1) is 0 Å². The summed E-state index contributed by atoms with van der Waals surface area (Å²) in [4.78, 5) is 43.4. The fraction of sp³-hybridized carbons (Fsp3) is 0.556. The Hall–Kier alpha value is -1.87. The highest BCUT2D eigenvalue weighted by atomic mass is 32.2. The fourth-order valence-electron chi connectivity index (χ4n) is 3.13. The van der Waals surface area contributed by atoms with Crippen molar-refractivity contribution in [2.24, 2.45) is 0 Å². The second-order valence-electron chi connectivity index (χ2n) is 6.08. The minimum Gasteiger partial charge on any atom is -0.465 e. The number of fused-ring (bicyclic) bond motifs is 3. The van der Waals surface area contributed by atoms with Crippen molar-refractivity contribution in [3.63, 3.8) is 0 Å². The van der Waals surface area contributed by atoms with Crippen LogP contribution in [0.5, 0.6) is 0 Å². The lowest BCUT2D eigenvalue weighted by atomic mass is 9.97. The Morgan fingerprint density at radius 2 is 1.85 bits per heavy atom. The van der Waals surface area contributed by atoms with Gasteiger partial charge in [-0.2, -0.15) is 0 Å². The third kappa shape index (κ3) is 4.35. The van der Waals surface area contributed by atoms with Gasteiger partial charge in [0, 0.05) is 4.88 Å². The van der Waals surface area contributed by atoms with Crippen LogP contribution in [0.4, 0.5) is 0 Å². The molecule has 27 heavy (non-hydrogen) atoms. The number of nitrogens with zero attached hydrogens (tertiary/aromatic N) is 2. The highest BCUT2D eigenvalue weighted by molar-refractivity contribution is 7.99. The Morgan fingerprint density at radius 1 is 1.15 bits per heavy atom. The molecule has 0 atom stereocenters. The molecule has 0 unspecified atom stereocenters. The van der Waals surface area contributed by atoms with Gasteiger partial charge in [-0.25, -0.2) is 4.98 Å². The second kappa shape index (κ2) is 8.88. The molecule has 0 saturated carbocycles. The van der Waals surface area contributed by atoms with Gasteiger partial charge in [0.15, 0.2) is 5.16 Å². The van der Waals surface area contributed by atoms with Crippen molar-refractivity contribution in [3.05, 3.63) is 20.8 Å². The predicted octanol–water partition coefficient (Wildman–Crippen LogP) is 2.56. The summed E-state index contributed by atoms with van der Waals surface area (Å²) in [6.07, 6.45) is 3.98. The number of thioether (sulfide) groups is 1. The number of carbonyl (C=O) groups excluding carboxylic acids is 2. The average molecular weight is 411 g/mol. The molecule has 2 aromatic rings. The zero-order valence-corrected chi connectivity index (χ0v) is 17.0. The van der Waals surface area contributed by atoms with Crippen LogP contribution in [-0.4, -0.2) is 40.5 Å². The van der Waals surface area contributed by atoms with Crippen LogP contribution in [0.1, 0.15) is 37.1 Å². The van der Waals surface area contributed by atoms with Crippen LogP contribution in [0.2, 0.25) is 0 Å². The van der Waals surface area contributed by atoms with E-state index in [1.54, 1.807) is 25.2 Å². The van der Waals surface area contributed by atoms with Crippen LogP contribution in [0.3, 0.4) is 0 Å². The zero-order valence-electron chi connectivity index (χ0n) is 15.4. The maximum atomic E-state index is 13.2. The Bertz CT molecular complexity index is 919. The molecule has 0 N–H and O–H groups in total. The number of ether oxygens (including phenoxy) is 2. The first-order valence-electron chi connectivity index (χ1n) is 9.04. The van der Waals surface area contributed by atoms with Crippen LogP contribution in [0.25, 0.3) is 10.2 Å². The molecule has 0 amide bonds. The van der Waals surface area contributed by atoms with Crippen molar-refractivity contribution >= 4 is 45.3 Å². The summed E-state index contributed by atoms with van der Waals surface area (Å²) >= 11 is 2.65. The monoisotopic (exact) mass is 410 g/mol. The first-order chi connectivity index (χ1) is 13.0. The summed E-state index contributed by atoms with van der Waals surface area (Å²) in [6, 6.07) is 0. The normalized spacial score (nSPS) is 13.4. The maximum Gasteiger partial charge on any atom is 0.326 e. The van der Waals surface area contributed by atoms with Crippen molar-refractivity contribution in [2.45, 2.75) is 51.2 Å². The Balaban J connectivity index is 2.03. The van der Waals surface area contributed by atoms with Gasteiger partial charge in [-0.3, -0.25) is 19.0 Å². The van der Waals surface area contributed by atoms with E-state index in [1.165, 1.54) is 9.44 Å². The Labute approximate surface area is 165 Å². The molecule has 2 heterocycles. The van der Waals surface area contributed by atoms with Gasteiger partial charge in [-0.15, -0.1) is 11.3 Å². The summed E-state index contributed by atoms with van der Waals surface area (Å²) in [7, 11) is 0.